The van der Waals surface area contributed by atoms with Crippen LogP contribution in [0.15, 0.2) is 36.4 Å². The van der Waals surface area contributed by atoms with Crippen LogP contribution in [0.25, 0.3) is 0 Å². The van der Waals surface area contributed by atoms with Crippen molar-refractivity contribution in [1.82, 2.24) is 4.98 Å². The van der Waals surface area contributed by atoms with Crippen molar-refractivity contribution in [2.45, 2.75) is 13.5 Å². The maximum atomic E-state index is 5.94. The van der Waals surface area contributed by atoms with Gasteiger partial charge in [-0.1, -0.05) is 17.7 Å². The summed E-state index contributed by atoms with van der Waals surface area (Å²) in [5.74, 6) is 1.25. The number of hydrogen-bond donors (Lipinski definition) is 1. The molecule has 1 aromatic carbocycles. The van der Waals surface area contributed by atoms with Gasteiger partial charge in [0.25, 0.3) is 0 Å². The highest BCUT2D eigenvalue weighted by molar-refractivity contribution is 6.31. The van der Waals surface area contributed by atoms with Crippen LogP contribution >= 0.6 is 11.6 Å². The fraction of sp³-hybridized carbons (Fsp3) is 0.154. The molecule has 3 nitrogen and oxygen atoms in total. The Hall–Kier alpha value is -1.58. The summed E-state index contributed by atoms with van der Waals surface area (Å²) in [5, 5.41) is 0.723. The Bertz CT molecular complexity index is 529. The summed E-state index contributed by atoms with van der Waals surface area (Å²) in [4.78, 5) is 4.26. The molecule has 0 aliphatic heterocycles. The summed E-state index contributed by atoms with van der Waals surface area (Å²) in [6.07, 6.45) is 0. The lowest BCUT2D eigenvalue weighted by Gasteiger charge is -2.07. The van der Waals surface area contributed by atoms with Gasteiger partial charge in [0.05, 0.1) is 5.69 Å². The van der Waals surface area contributed by atoms with Crippen LogP contribution in [0.4, 0.5) is 0 Å². The van der Waals surface area contributed by atoms with E-state index in [1.807, 2.05) is 31.2 Å². The molecule has 0 fully saturated rings. The van der Waals surface area contributed by atoms with Crippen LogP contribution in [-0.2, 0) is 6.54 Å². The molecule has 0 atom stereocenters. The fourth-order valence-electron chi connectivity index (χ4n) is 1.43. The number of halogens is 1. The fourth-order valence-corrected chi connectivity index (χ4v) is 1.55. The molecule has 2 aromatic rings. The lowest BCUT2D eigenvalue weighted by Crippen LogP contribution is -2.00. The van der Waals surface area contributed by atoms with Crippen molar-refractivity contribution in [2.75, 3.05) is 0 Å². The first-order chi connectivity index (χ1) is 8.19. The molecule has 17 heavy (non-hydrogen) atoms. The van der Waals surface area contributed by atoms with Crippen molar-refractivity contribution in [3.8, 4) is 11.6 Å². The van der Waals surface area contributed by atoms with Gasteiger partial charge in [-0.15, -0.1) is 0 Å². The molecule has 0 unspecified atom stereocenters. The highest BCUT2D eigenvalue weighted by Gasteiger charge is 2.02. The van der Waals surface area contributed by atoms with Crippen molar-refractivity contribution in [1.29, 1.82) is 0 Å². The quantitative estimate of drug-likeness (QED) is 0.907. The van der Waals surface area contributed by atoms with Gasteiger partial charge in [-0.2, -0.15) is 0 Å². The summed E-state index contributed by atoms with van der Waals surface area (Å²) in [6, 6.07) is 11.0. The first-order valence-corrected chi connectivity index (χ1v) is 5.67. The molecule has 0 bridgehead atoms. The Morgan fingerprint density at radius 1 is 1.29 bits per heavy atom. The molecule has 88 valence electrons. The largest absolute Gasteiger partial charge is 0.439 e. The molecule has 0 radical (unpaired) electrons. The number of nitrogens with two attached hydrogens (primary N) is 1. The van der Waals surface area contributed by atoms with Gasteiger partial charge < -0.3 is 10.5 Å². The number of nitrogens with zero attached hydrogens (tertiary/aromatic N) is 1. The number of rotatable bonds is 3. The van der Waals surface area contributed by atoms with Crippen LogP contribution in [0.3, 0.4) is 0 Å². The lowest BCUT2D eigenvalue weighted by molar-refractivity contribution is 0.460. The van der Waals surface area contributed by atoms with Gasteiger partial charge in [-0.05, 0) is 36.8 Å². The van der Waals surface area contributed by atoms with E-state index in [2.05, 4.69) is 4.98 Å². The third-order valence-electron chi connectivity index (χ3n) is 2.34. The van der Waals surface area contributed by atoms with Crippen LogP contribution in [0, 0.1) is 6.92 Å². The van der Waals surface area contributed by atoms with Crippen LogP contribution in [-0.4, -0.2) is 4.98 Å². The van der Waals surface area contributed by atoms with Crippen molar-refractivity contribution >= 4 is 11.6 Å². The zero-order valence-corrected chi connectivity index (χ0v) is 10.2. The Balaban J connectivity index is 2.22. The average Bonchev–Trinajstić information content (AvgIpc) is 2.34. The Labute approximate surface area is 105 Å². The molecule has 2 N–H and O–H groups in total. The Morgan fingerprint density at radius 3 is 2.82 bits per heavy atom. The van der Waals surface area contributed by atoms with Crippen LogP contribution in [0.1, 0.15) is 11.3 Å². The van der Waals surface area contributed by atoms with E-state index >= 15 is 0 Å². The van der Waals surface area contributed by atoms with Gasteiger partial charge in [-0.25, -0.2) is 4.98 Å². The smallest absolute Gasteiger partial charge is 0.219 e. The van der Waals surface area contributed by atoms with Crippen molar-refractivity contribution in [2.24, 2.45) is 5.73 Å². The van der Waals surface area contributed by atoms with E-state index in [4.69, 9.17) is 22.1 Å². The first-order valence-electron chi connectivity index (χ1n) is 5.29. The van der Waals surface area contributed by atoms with E-state index in [1.165, 1.54) is 0 Å². The molecule has 0 amide bonds. The number of ether oxygens (including phenoxy) is 1. The van der Waals surface area contributed by atoms with Crippen molar-refractivity contribution in [3.63, 3.8) is 0 Å². The third kappa shape index (κ3) is 2.96. The van der Waals surface area contributed by atoms with Crippen molar-refractivity contribution < 1.29 is 4.74 Å². The SMILES string of the molecule is Cc1cc(Oc2cccc(CN)n2)ccc1Cl. The van der Waals surface area contributed by atoms with Gasteiger partial charge in [0.15, 0.2) is 0 Å². The molecular weight excluding hydrogens is 236 g/mol. The zero-order chi connectivity index (χ0) is 12.3. The van der Waals surface area contributed by atoms with Gasteiger partial charge in [0.1, 0.15) is 5.75 Å². The lowest BCUT2D eigenvalue weighted by atomic mass is 10.2. The number of benzene rings is 1. The van der Waals surface area contributed by atoms with E-state index < -0.39 is 0 Å². The molecule has 0 aliphatic carbocycles. The predicted molar refractivity (Wildman–Crippen MR) is 68.4 cm³/mol. The van der Waals surface area contributed by atoms with E-state index in [0.717, 1.165) is 16.3 Å². The van der Waals surface area contributed by atoms with Crippen LogP contribution in [0.5, 0.6) is 11.6 Å². The normalized spacial score (nSPS) is 10.3. The maximum absolute atomic E-state index is 5.94. The number of pyridine rings is 1. The van der Waals surface area contributed by atoms with E-state index in [0.29, 0.717) is 18.2 Å². The molecule has 1 heterocycles. The van der Waals surface area contributed by atoms with E-state index in [9.17, 15) is 0 Å². The molecular formula is C13H13ClN2O. The predicted octanol–water partition coefficient (Wildman–Crippen LogP) is 3.29. The molecule has 0 aliphatic rings. The zero-order valence-electron chi connectivity index (χ0n) is 9.48. The average molecular weight is 249 g/mol. The Morgan fingerprint density at radius 2 is 2.12 bits per heavy atom. The highest BCUT2D eigenvalue weighted by Crippen LogP contribution is 2.24. The molecule has 1 aromatic heterocycles. The number of hydrogen-bond acceptors (Lipinski definition) is 3. The third-order valence-corrected chi connectivity index (χ3v) is 2.77. The van der Waals surface area contributed by atoms with E-state index in [-0.39, 0.29) is 0 Å². The second kappa shape index (κ2) is 5.17. The van der Waals surface area contributed by atoms with E-state index in [1.54, 1.807) is 12.1 Å². The monoisotopic (exact) mass is 248 g/mol. The summed E-state index contributed by atoms with van der Waals surface area (Å²) >= 11 is 5.94. The number of aromatic nitrogens is 1. The number of aryl methyl sites for hydroxylation is 1. The van der Waals surface area contributed by atoms with Gasteiger partial charge in [0.2, 0.25) is 5.88 Å². The topological polar surface area (TPSA) is 48.1 Å². The first kappa shape index (κ1) is 11.9. The summed E-state index contributed by atoms with van der Waals surface area (Å²) in [6.45, 7) is 2.33. The summed E-state index contributed by atoms with van der Waals surface area (Å²) in [7, 11) is 0. The minimum atomic E-state index is 0.400. The second-order valence-corrected chi connectivity index (χ2v) is 4.09. The molecule has 0 spiro atoms. The second-order valence-electron chi connectivity index (χ2n) is 3.68. The van der Waals surface area contributed by atoms with Crippen LogP contribution in [0.2, 0.25) is 5.02 Å². The minimum absolute atomic E-state index is 0.400. The van der Waals surface area contributed by atoms with Crippen molar-refractivity contribution in [3.05, 3.63) is 52.7 Å². The summed E-state index contributed by atoms with van der Waals surface area (Å²) < 4.78 is 5.63. The van der Waals surface area contributed by atoms with Crippen LogP contribution < -0.4 is 10.5 Å². The maximum Gasteiger partial charge on any atom is 0.219 e. The molecule has 2 rings (SSSR count). The Kier molecular flexibility index (Phi) is 3.61. The van der Waals surface area contributed by atoms with Gasteiger partial charge >= 0.3 is 0 Å². The van der Waals surface area contributed by atoms with Gasteiger partial charge in [0, 0.05) is 17.6 Å². The van der Waals surface area contributed by atoms with Gasteiger partial charge in [-0.3, -0.25) is 0 Å². The minimum Gasteiger partial charge on any atom is -0.439 e. The standard InChI is InChI=1S/C13H13ClN2O/c1-9-7-11(5-6-12(9)14)17-13-4-2-3-10(8-15)16-13/h2-7H,8,15H2,1H3. The molecule has 0 saturated heterocycles. The molecule has 0 saturated carbocycles. The molecule has 4 heteroatoms. The summed E-state index contributed by atoms with van der Waals surface area (Å²) in [5.41, 5.74) is 7.29. The highest BCUT2D eigenvalue weighted by atomic mass is 35.5.